The van der Waals surface area contributed by atoms with Crippen molar-refractivity contribution >= 4 is 27.3 Å². The van der Waals surface area contributed by atoms with Gasteiger partial charge in [0.2, 0.25) is 0 Å². The quantitative estimate of drug-likeness (QED) is 0.849. The summed E-state index contributed by atoms with van der Waals surface area (Å²) in [6.07, 6.45) is 2.48. The van der Waals surface area contributed by atoms with Gasteiger partial charge in [0.25, 0.3) is 0 Å². The second kappa shape index (κ2) is 5.89. The van der Waals surface area contributed by atoms with E-state index in [9.17, 15) is 0 Å². The molecule has 1 aromatic heterocycles. The minimum atomic E-state index is 0.515. The molecule has 0 aliphatic heterocycles. The lowest BCUT2D eigenvalue weighted by atomic mass is 9.98. The fraction of sp³-hybridized carbons (Fsp3) is 0.636. The summed E-state index contributed by atoms with van der Waals surface area (Å²) in [6.45, 7) is 4.56. The molecule has 0 saturated carbocycles. The normalized spacial score (nSPS) is 15.4. The predicted octanol–water partition coefficient (Wildman–Crippen LogP) is 4.21. The molecular formula is C11H18BrNS. The molecule has 80 valence electrons. The van der Waals surface area contributed by atoms with Crippen LogP contribution in [0, 0.1) is 5.92 Å². The molecule has 0 fully saturated rings. The molecule has 2 unspecified atom stereocenters. The third kappa shape index (κ3) is 3.37. The van der Waals surface area contributed by atoms with E-state index < -0.39 is 0 Å². The molecule has 1 aromatic rings. The summed E-state index contributed by atoms with van der Waals surface area (Å²) < 4.78 is 1.22. The zero-order valence-electron chi connectivity index (χ0n) is 9.01. The van der Waals surface area contributed by atoms with E-state index in [-0.39, 0.29) is 0 Å². The first kappa shape index (κ1) is 12.2. The Labute approximate surface area is 99.0 Å². The van der Waals surface area contributed by atoms with Gasteiger partial charge < -0.3 is 5.32 Å². The highest BCUT2D eigenvalue weighted by Crippen LogP contribution is 2.31. The van der Waals surface area contributed by atoms with Crippen LogP contribution >= 0.6 is 27.3 Å². The molecule has 1 rings (SSSR count). The predicted molar refractivity (Wildman–Crippen MR) is 67.9 cm³/mol. The van der Waals surface area contributed by atoms with Crippen molar-refractivity contribution in [2.24, 2.45) is 5.92 Å². The van der Waals surface area contributed by atoms with E-state index in [4.69, 9.17) is 0 Å². The third-order valence-electron chi connectivity index (χ3n) is 2.62. The molecule has 0 bridgehead atoms. The van der Waals surface area contributed by atoms with Crippen molar-refractivity contribution in [3.63, 3.8) is 0 Å². The number of halogens is 1. The number of hydrogen-bond donors (Lipinski definition) is 1. The lowest BCUT2D eigenvalue weighted by molar-refractivity contribution is 0.426. The second-order valence-electron chi connectivity index (χ2n) is 3.73. The Morgan fingerprint density at radius 2 is 2.21 bits per heavy atom. The van der Waals surface area contributed by atoms with Crippen molar-refractivity contribution in [2.45, 2.75) is 32.7 Å². The van der Waals surface area contributed by atoms with E-state index in [1.807, 2.05) is 18.4 Å². The Bertz CT molecular complexity index is 272. The molecule has 0 aromatic carbocycles. The minimum Gasteiger partial charge on any atom is -0.312 e. The largest absolute Gasteiger partial charge is 0.312 e. The third-order valence-corrected chi connectivity index (χ3v) is 4.36. The Morgan fingerprint density at radius 3 is 2.64 bits per heavy atom. The molecule has 2 atom stereocenters. The summed E-state index contributed by atoms with van der Waals surface area (Å²) in [6, 6.07) is 4.85. The van der Waals surface area contributed by atoms with Gasteiger partial charge in [0.1, 0.15) is 0 Å². The van der Waals surface area contributed by atoms with E-state index in [0.717, 1.165) is 5.92 Å². The second-order valence-corrected chi connectivity index (χ2v) is 6.23. The fourth-order valence-electron chi connectivity index (χ4n) is 1.46. The molecule has 14 heavy (non-hydrogen) atoms. The van der Waals surface area contributed by atoms with Crippen molar-refractivity contribution < 1.29 is 0 Å². The zero-order valence-corrected chi connectivity index (χ0v) is 11.4. The average molecular weight is 276 g/mol. The molecule has 0 spiro atoms. The summed E-state index contributed by atoms with van der Waals surface area (Å²) in [5.41, 5.74) is 0. The van der Waals surface area contributed by atoms with Crippen LogP contribution < -0.4 is 5.32 Å². The molecule has 3 heteroatoms. The van der Waals surface area contributed by atoms with Crippen molar-refractivity contribution in [3.8, 4) is 0 Å². The smallest absolute Gasteiger partial charge is 0.0701 e. The maximum Gasteiger partial charge on any atom is 0.0701 e. The van der Waals surface area contributed by atoms with Gasteiger partial charge in [0, 0.05) is 10.9 Å². The van der Waals surface area contributed by atoms with Crippen LogP contribution in [0.2, 0.25) is 0 Å². The van der Waals surface area contributed by atoms with Crippen LogP contribution in [0.4, 0.5) is 0 Å². The van der Waals surface area contributed by atoms with Gasteiger partial charge in [-0.3, -0.25) is 0 Å². The standard InChI is InChI=1S/C11H18BrNS/c1-4-8(2)7-9(13-3)10-5-6-11(12)14-10/h5-6,8-9,13H,4,7H2,1-3H3. The van der Waals surface area contributed by atoms with E-state index in [1.165, 1.54) is 21.5 Å². The first-order valence-electron chi connectivity index (χ1n) is 5.09. The Kier molecular flexibility index (Phi) is 5.13. The van der Waals surface area contributed by atoms with E-state index in [2.05, 4.69) is 47.2 Å². The van der Waals surface area contributed by atoms with E-state index in [0.29, 0.717) is 6.04 Å². The maximum atomic E-state index is 3.50. The van der Waals surface area contributed by atoms with Crippen molar-refractivity contribution in [2.75, 3.05) is 7.05 Å². The van der Waals surface area contributed by atoms with Crippen molar-refractivity contribution in [1.82, 2.24) is 5.32 Å². The van der Waals surface area contributed by atoms with Crippen LogP contribution in [0.25, 0.3) is 0 Å². The van der Waals surface area contributed by atoms with Gasteiger partial charge in [0.15, 0.2) is 0 Å². The number of nitrogens with one attached hydrogen (secondary N) is 1. The van der Waals surface area contributed by atoms with Gasteiger partial charge >= 0.3 is 0 Å². The topological polar surface area (TPSA) is 12.0 Å². The van der Waals surface area contributed by atoms with Gasteiger partial charge in [-0.05, 0) is 47.4 Å². The average Bonchev–Trinajstić information content (AvgIpc) is 2.60. The molecule has 0 saturated heterocycles. The van der Waals surface area contributed by atoms with Crippen LogP contribution in [-0.4, -0.2) is 7.05 Å². The Balaban J connectivity index is 2.62. The van der Waals surface area contributed by atoms with Crippen LogP contribution in [0.15, 0.2) is 15.9 Å². The van der Waals surface area contributed by atoms with Crippen molar-refractivity contribution in [1.29, 1.82) is 0 Å². The lowest BCUT2D eigenvalue weighted by Crippen LogP contribution is -2.17. The zero-order chi connectivity index (χ0) is 10.6. The number of thiophene rings is 1. The molecule has 1 heterocycles. The van der Waals surface area contributed by atoms with E-state index in [1.54, 1.807) is 0 Å². The summed E-state index contributed by atoms with van der Waals surface area (Å²) >= 11 is 5.33. The molecule has 1 nitrogen and oxygen atoms in total. The summed E-state index contributed by atoms with van der Waals surface area (Å²) in [5, 5.41) is 3.39. The highest BCUT2D eigenvalue weighted by atomic mass is 79.9. The maximum absolute atomic E-state index is 3.50. The van der Waals surface area contributed by atoms with Gasteiger partial charge in [0.05, 0.1) is 3.79 Å². The summed E-state index contributed by atoms with van der Waals surface area (Å²) in [4.78, 5) is 1.43. The Hall–Kier alpha value is 0.140. The monoisotopic (exact) mass is 275 g/mol. The van der Waals surface area contributed by atoms with Crippen LogP contribution in [0.3, 0.4) is 0 Å². The molecule has 1 N–H and O–H groups in total. The molecular weight excluding hydrogens is 258 g/mol. The van der Waals surface area contributed by atoms with Crippen LogP contribution in [-0.2, 0) is 0 Å². The minimum absolute atomic E-state index is 0.515. The SMILES string of the molecule is CCC(C)CC(NC)c1ccc(Br)s1. The summed E-state index contributed by atoms with van der Waals surface area (Å²) in [7, 11) is 2.04. The lowest BCUT2D eigenvalue weighted by Gasteiger charge is -2.18. The van der Waals surface area contributed by atoms with Crippen LogP contribution in [0.5, 0.6) is 0 Å². The van der Waals surface area contributed by atoms with Gasteiger partial charge in [-0.15, -0.1) is 11.3 Å². The number of rotatable bonds is 5. The molecule has 0 amide bonds. The van der Waals surface area contributed by atoms with Gasteiger partial charge in [-0.1, -0.05) is 20.3 Å². The number of hydrogen-bond acceptors (Lipinski definition) is 2. The first-order valence-corrected chi connectivity index (χ1v) is 6.70. The molecule has 0 aliphatic rings. The first-order chi connectivity index (χ1) is 6.67. The highest BCUT2D eigenvalue weighted by Gasteiger charge is 2.14. The fourth-order valence-corrected chi connectivity index (χ4v) is 3.01. The highest BCUT2D eigenvalue weighted by molar-refractivity contribution is 9.11. The van der Waals surface area contributed by atoms with Crippen LogP contribution in [0.1, 0.15) is 37.6 Å². The Morgan fingerprint density at radius 1 is 1.50 bits per heavy atom. The van der Waals surface area contributed by atoms with Gasteiger partial charge in [-0.25, -0.2) is 0 Å². The van der Waals surface area contributed by atoms with Crippen molar-refractivity contribution in [3.05, 3.63) is 20.8 Å². The molecule has 0 radical (unpaired) electrons. The van der Waals surface area contributed by atoms with E-state index >= 15 is 0 Å². The molecule has 0 aliphatic carbocycles. The summed E-state index contributed by atoms with van der Waals surface area (Å²) in [5.74, 6) is 0.785. The van der Waals surface area contributed by atoms with Gasteiger partial charge in [-0.2, -0.15) is 0 Å².